The third kappa shape index (κ3) is 1.20. The van der Waals surface area contributed by atoms with Crippen molar-refractivity contribution < 1.29 is 14.7 Å². The Morgan fingerprint density at radius 1 is 1.73 bits per heavy atom. The van der Waals surface area contributed by atoms with Gasteiger partial charge >= 0.3 is 6.09 Å². The van der Waals surface area contributed by atoms with E-state index in [1.54, 1.807) is 6.92 Å². The summed E-state index contributed by atoms with van der Waals surface area (Å²) in [5, 5.41) is 8.65. The molecule has 0 aromatic carbocycles. The lowest BCUT2D eigenvalue weighted by Crippen LogP contribution is -2.45. The Bertz CT molecular complexity index is 192. The molecule has 1 aliphatic rings. The van der Waals surface area contributed by atoms with Gasteiger partial charge in [0, 0.05) is 6.54 Å². The van der Waals surface area contributed by atoms with Crippen LogP contribution in [0.1, 0.15) is 19.8 Å². The van der Waals surface area contributed by atoms with Gasteiger partial charge in [-0.15, -0.1) is 0 Å². The third-order valence-corrected chi connectivity index (χ3v) is 2.17. The fourth-order valence-corrected chi connectivity index (χ4v) is 1.42. The van der Waals surface area contributed by atoms with Gasteiger partial charge in [-0.1, -0.05) is 0 Å². The number of hydrogen-bond donors (Lipinski definition) is 1. The average Bonchev–Trinajstić information content (AvgIpc) is 2.32. The molecule has 11 heavy (non-hydrogen) atoms. The van der Waals surface area contributed by atoms with Gasteiger partial charge in [0.15, 0.2) is 0 Å². The number of likely N-dealkylation sites (tertiary alicyclic amines) is 1. The molecule has 4 heteroatoms. The maximum Gasteiger partial charge on any atom is 0.408 e. The molecule has 1 aliphatic heterocycles. The number of aldehydes is 1. The quantitative estimate of drug-likeness (QED) is 0.570. The SMILES string of the molecule is C[C@]1(C=O)CCCN1C(=O)O. The minimum atomic E-state index is -1.00. The molecule has 0 spiro atoms. The van der Waals surface area contributed by atoms with Crippen LogP contribution < -0.4 is 0 Å². The van der Waals surface area contributed by atoms with Crippen molar-refractivity contribution in [3.63, 3.8) is 0 Å². The summed E-state index contributed by atoms with van der Waals surface area (Å²) >= 11 is 0. The zero-order valence-electron chi connectivity index (χ0n) is 6.41. The summed E-state index contributed by atoms with van der Waals surface area (Å²) in [5.74, 6) is 0. The van der Waals surface area contributed by atoms with E-state index in [-0.39, 0.29) is 0 Å². The third-order valence-electron chi connectivity index (χ3n) is 2.17. The molecule has 0 aliphatic carbocycles. The minimum absolute atomic E-state index is 0.477. The fraction of sp³-hybridized carbons (Fsp3) is 0.714. The van der Waals surface area contributed by atoms with Gasteiger partial charge in [-0.2, -0.15) is 0 Å². The smallest absolute Gasteiger partial charge is 0.408 e. The first-order chi connectivity index (χ1) is 5.10. The standard InChI is InChI=1S/C7H11NO3/c1-7(5-9)3-2-4-8(7)6(10)11/h5H,2-4H2,1H3,(H,10,11)/t7-/m1/s1. The zero-order chi connectivity index (χ0) is 8.48. The van der Waals surface area contributed by atoms with Crippen LogP contribution in [0, 0.1) is 0 Å². The lowest BCUT2D eigenvalue weighted by Gasteiger charge is -2.26. The minimum Gasteiger partial charge on any atom is -0.465 e. The van der Waals surface area contributed by atoms with Crippen molar-refractivity contribution in [2.45, 2.75) is 25.3 Å². The molecule has 1 N–H and O–H groups in total. The van der Waals surface area contributed by atoms with Gasteiger partial charge in [-0.05, 0) is 19.8 Å². The lowest BCUT2D eigenvalue weighted by atomic mass is 10.0. The van der Waals surface area contributed by atoms with E-state index in [1.807, 2.05) is 0 Å². The second kappa shape index (κ2) is 2.53. The summed E-state index contributed by atoms with van der Waals surface area (Å²) in [6, 6.07) is 0. The second-order valence-corrected chi connectivity index (χ2v) is 3.01. The van der Waals surface area contributed by atoms with Crippen molar-refractivity contribution in [3.05, 3.63) is 0 Å². The van der Waals surface area contributed by atoms with E-state index >= 15 is 0 Å². The highest BCUT2D eigenvalue weighted by atomic mass is 16.4. The highest BCUT2D eigenvalue weighted by Gasteiger charge is 2.39. The number of rotatable bonds is 1. The molecule has 0 bridgehead atoms. The Labute approximate surface area is 64.8 Å². The van der Waals surface area contributed by atoms with Crippen LogP contribution >= 0.6 is 0 Å². The molecule has 0 radical (unpaired) electrons. The molecule has 1 fully saturated rings. The van der Waals surface area contributed by atoms with Crippen LogP contribution in [0.25, 0.3) is 0 Å². The van der Waals surface area contributed by atoms with Gasteiger partial charge in [0.25, 0.3) is 0 Å². The molecule has 0 aromatic heterocycles. The molecular weight excluding hydrogens is 146 g/mol. The molecule has 1 amide bonds. The Kier molecular flexibility index (Phi) is 1.85. The summed E-state index contributed by atoms with van der Waals surface area (Å²) in [6.45, 7) is 2.13. The molecule has 4 nitrogen and oxygen atoms in total. The molecule has 1 atom stereocenters. The molecule has 0 saturated carbocycles. The number of carbonyl (C=O) groups excluding carboxylic acids is 1. The monoisotopic (exact) mass is 157 g/mol. The van der Waals surface area contributed by atoms with Gasteiger partial charge in [0.2, 0.25) is 0 Å². The topological polar surface area (TPSA) is 57.6 Å². The Morgan fingerprint density at radius 3 is 2.73 bits per heavy atom. The lowest BCUT2D eigenvalue weighted by molar-refractivity contribution is -0.115. The molecule has 1 saturated heterocycles. The van der Waals surface area contributed by atoms with Crippen molar-refractivity contribution >= 4 is 12.4 Å². The van der Waals surface area contributed by atoms with Crippen LogP contribution in [0.4, 0.5) is 4.79 Å². The van der Waals surface area contributed by atoms with Crippen LogP contribution in [0.2, 0.25) is 0 Å². The maximum absolute atomic E-state index is 10.5. The number of carboxylic acid groups (broad SMARTS) is 1. The Morgan fingerprint density at radius 2 is 2.36 bits per heavy atom. The Hall–Kier alpha value is -1.06. The molecule has 1 rings (SSSR count). The molecule has 62 valence electrons. The number of nitrogens with zero attached hydrogens (tertiary/aromatic N) is 1. The van der Waals surface area contributed by atoms with E-state index in [9.17, 15) is 9.59 Å². The van der Waals surface area contributed by atoms with Crippen LogP contribution in [0.3, 0.4) is 0 Å². The van der Waals surface area contributed by atoms with E-state index in [0.29, 0.717) is 19.3 Å². The van der Waals surface area contributed by atoms with Gasteiger partial charge < -0.3 is 9.90 Å². The first-order valence-corrected chi connectivity index (χ1v) is 3.57. The molecule has 0 aromatic rings. The van der Waals surface area contributed by atoms with E-state index in [2.05, 4.69) is 0 Å². The van der Waals surface area contributed by atoms with Gasteiger partial charge in [0.05, 0.1) is 5.54 Å². The predicted octanol–water partition coefficient (Wildman–Crippen LogP) is 0.718. The van der Waals surface area contributed by atoms with Gasteiger partial charge in [-0.3, -0.25) is 4.90 Å². The largest absolute Gasteiger partial charge is 0.465 e. The van der Waals surface area contributed by atoms with Gasteiger partial charge in [0.1, 0.15) is 6.29 Å². The molecular formula is C7H11NO3. The van der Waals surface area contributed by atoms with E-state index in [1.165, 1.54) is 4.90 Å². The second-order valence-electron chi connectivity index (χ2n) is 3.01. The highest BCUT2D eigenvalue weighted by molar-refractivity contribution is 5.75. The van der Waals surface area contributed by atoms with Crippen LogP contribution in [-0.4, -0.2) is 34.5 Å². The normalized spacial score (nSPS) is 30.5. The molecule has 0 unspecified atom stereocenters. The van der Waals surface area contributed by atoms with E-state index in [4.69, 9.17) is 5.11 Å². The summed E-state index contributed by atoms with van der Waals surface area (Å²) in [7, 11) is 0. The first-order valence-electron chi connectivity index (χ1n) is 3.57. The van der Waals surface area contributed by atoms with Crippen molar-refractivity contribution in [3.8, 4) is 0 Å². The van der Waals surface area contributed by atoms with Crippen molar-refractivity contribution in [2.24, 2.45) is 0 Å². The van der Waals surface area contributed by atoms with E-state index in [0.717, 1.165) is 6.42 Å². The summed E-state index contributed by atoms with van der Waals surface area (Å²) in [5.41, 5.74) is -0.772. The highest BCUT2D eigenvalue weighted by Crippen LogP contribution is 2.26. The summed E-state index contributed by atoms with van der Waals surface area (Å²) < 4.78 is 0. The molecule has 1 heterocycles. The zero-order valence-corrected chi connectivity index (χ0v) is 6.41. The predicted molar refractivity (Wildman–Crippen MR) is 38.4 cm³/mol. The van der Waals surface area contributed by atoms with Gasteiger partial charge in [-0.25, -0.2) is 4.79 Å². The van der Waals surface area contributed by atoms with Crippen molar-refractivity contribution in [2.75, 3.05) is 6.54 Å². The fourth-order valence-electron chi connectivity index (χ4n) is 1.42. The Balaban J connectivity index is 2.80. The van der Waals surface area contributed by atoms with Crippen molar-refractivity contribution in [1.29, 1.82) is 0 Å². The number of amides is 1. The number of hydrogen-bond acceptors (Lipinski definition) is 2. The summed E-state index contributed by atoms with van der Waals surface area (Å²) in [6.07, 6.45) is 1.13. The van der Waals surface area contributed by atoms with Crippen LogP contribution in [0.15, 0.2) is 0 Å². The van der Waals surface area contributed by atoms with Crippen LogP contribution in [-0.2, 0) is 4.79 Å². The number of carbonyl (C=O) groups is 2. The van der Waals surface area contributed by atoms with E-state index < -0.39 is 11.6 Å². The average molecular weight is 157 g/mol. The first kappa shape index (κ1) is 8.04. The maximum atomic E-state index is 10.5. The summed E-state index contributed by atoms with van der Waals surface area (Å²) in [4.78, 5) is 22.3. The van der Waals surface area contributed by atoms with Crippen LogP contribution in [0.5, 0.6) is 0 Å². The van der Waals surface area contributed by atoms with Crippen molar-refractivity contribution in [1.82, 2.24) is 4.90 Å².